The molecule has 1 fully saturated rings. The summed E-state index contributed by atoms with van der Waals surface area (Å²) in [6.45, 7) is 4.04. The van der Waals surface area contributed by atoms with Gasteiger partial charge < -0.3 is 10.0 Å². The van der Waals surface area contributed by atoms with Crippen LogP contribution in [0.4, 0.5) is 0 Å². The first kappa shape index (κ1) is 18.2. The van der Waals surface area contributed by atoms with Crippen LogP contribution in [-0.4, -0.2) is 52.0 Å². The molecular formula is C23H23N3O2. The van der Waals surface area contributed by atoms with Crippen molar-refractivity contribution in [2.75, 3.05) is 26.2 Å². The van der Waals surface area contributed by atoms with E-state index in [9.17, 15) is 9.90 Å². The number of benzene rings is 2. The summed E-state index contributed by atoms with van der Waals surface area (Å²) in [7, 11) is 0. The van der Waals surface area contributed by atoms with Crippen LogP contribution < -0.4 is 0 Å². The van der Waals surface area contributed by atoms with Gasteiger partial charge in [0, 0.05) is 50.7 Å². The number of hydrogen-bond acceptors (Lipinski definition) is 4. The van der Waals surface area contributed by atoms with Gasteiger partial charge in [0.05, 0.1) is 0 Å². The molecule has 1 aliphatic heterocycles. The number of amides is 1. The van der Waals surface area contributed by atoms with Gasteiger partial charge in [-0.25, -0.2) is 0 Å². The highest BCUT2D eigenvalue weighted by Gasteiger charge is 2.22. The van der Waals surface area contributed by atoms with Crippen LogP contribution in [0.3, 0.4) is 0 Å². The Morgan fingerprint density at radius 1 is 0.929 bits per heavy atom. The van der Waals surface area contributed by atoms with Gasteiger partial charge in [-0.1, -0.05) is 30.3 Å². The van der Waals surface area contributed by atoms with Gasteiger partial charge in [-0.15, -0.1) is 0 Å². The lowest BCUT2D eigenvalue weighted by atomic mass is 10.0. The second-order valence-electron chi connectivity index (χ2n) is 7.06. The Morgan fingerprint density at radius 3 is 2.43 bits per heavy atom. The Labute approximate surface area is 164 Å². The molecule has 5 nitrogen and oxygen atoms in total. The van der Waals surface area contributed by atoms with E-state index < -0.39 is 0 Å². The highest BCUT2D eigenvalue weighted by Crippen LogP contribution is 2.23. The zero-order valence-corrected chi connectivity index (χ0v) is 15.7. The van der Waals surface area contributed by atoms with E-state index in [1.54, 1.807) is 18.3 Å². The average molecular weight is 373 g/mol. The van der Waals surface area contributed by atoms with E-state index in [-0.39, 0.29) is 11.7 Å². The molecule has 2 heterocycles. The topological polar surface area (TPSA) is 56.7 Å². The fourth-order valence-electron chi connectivity index (χ4n) is 3.53. The summed E-state index contributed by atoms with van der Waals surface area (Å²) in [4.78, 5) is 21.4. The Kier molecular flexibility index (Phi) is 5.35. The first-order valence-corrected chi connectivity index (χ1v) is 9.49. The van der Waals surface area contributed by atoms with Crippen LogP contribution in [0.2, 0.25) is 0 Å². The van der Waals surface area contributed by atoms with E-state index in [0.717, 1.165) is 43.9 Å². The minimum atomic E-state index is 0.0710. The number of rotatable bonds is 4. The van der Waals surface area contributed by atoms with Gasteiger partial charge in [-0.05, 0) is 47.0 Å². The van der Waals surface area contributed by atoms with Gasteiger partial charge in [0.2, 0.25) is 0 Å². The maximum absolute atomic E-state index is 13.0. The molecule has 0 radical (unpaired) electrons. The zero-order valence-electron chi connectivity index (χ0n) is 15.7. The molecule has 1 N–H and O–H groups in total. The number of pyridine rings is 1. The molecule has 142 valence electrons. The Balaban J connectivity index is 1.40. The monoisotopic (exact) mass is 373 g/mol. The van der Waals surface area contributed by atoms with Crippen LogP contribution in [0.5, 0.6) is 5.75 Å². The molecule has 1 saturated heterocycles. The van der Waals surface area contributed by atoms with Crippen LogP contribution >= 0.6 is 0 Å². The van der Waals surface area contributed by atoms with Crippen LogP contribution in [0, 0.1) is 0 Å². The predicted octanol–water partition coefficient (Wildman–Crippen LogP) is 3.41. The highest BCUT2D eigenvalue weighted by atomic mass is 16.3. The van der Waals surface area contributed by atoms with Gasteiger partial charge in [-0.3, -0.25) is 14.7 Å². The van der Waals surface area contributed by atoms with E-state index in [1.807, 2.05) is 53.6 Å². The van der Waals surface area contributed by atoms with E-state index >= 15 is 0 Å². The van der Waals surface area contributed by atoms with Crippen LogP contribution in [0.15, 0.2) is 73.1 Å². The molecule has 5 heteroatoms. The van der Waals surface area contributed by atoms with Gasteiger partial charge in [0.15, 0.2) is 0 Å². The number of piperazine rings is 1. The second kappa shape index (κ2) is 8.23. The van der Waals surface area contributed by atoms with Gasteiger partial charge in [-0.2, -0.15) is 0 Å². The first-order valence-electron chi connectivity index (χ1n) is 9.49. The number of aromatic hydroxyl groups is 1. The zero-order chi connectivity index (χ0) is 19.3. The van der Waals surface area contributed by atoms with Gasteiger partial charge in [0.25, 0.3) is 5.91 Å². The van der Waals surface area contributed by atoms with Crippen LogP contribution in [-0.2, 0) is 6.54 Å². The number of hydrogen-bond donors (Lipinski definition) is 1. The Morgan fingerprint density at radius 2 is 1.71 bits per heavy atom. The Hall–Kier alpha value is -3.18. The molecule has 0 aliphatic carbocycles. The third-order valence-corrected chi connectivity index (χ3v) is 5.10. The molecule has 0 bridgehead atoms. The number of carbonyl (C=O) groups is 1. The fraction of sp³-hybridized carbons (Fsp3) is 0.217. The number of carbonyl (C=O) groups excluding carboxylic acids is 1. The minimum Gasteiger partial charge on any atom is -0.508 e. The summed E-state index contributed by atoms with van der Waals surface area (Å²) in [6.07, 6.45) is 3.68. The van der Waals surface area contributed by atoms with Crippen molar-refractivity contribution < 1.29 is 9.90 Å². The van der Waals surface area contributed by atoms with E-state index in [2.05, 4.69) is 16.0 Å². The number of nitrogens with zero attached hydrogens (tertiary/aromatic N) is 3. The standard InChI is InChI=1S/C23H23N3O2/c27-22-8-6-19(7-9-22)20-4-1-5-21(15-20)23(28)26-13-11-25(12-14-26)17-18-3-2-10-24-16-18/h1-10,15-16,27H,11-14,17H2. The molecule has 1 amide bonds. The molecule has 3 aromatic rings. The smallest absolute Gasteiger partial charge is 0.253 e. The molecule has 1 aromatic heterocycles. The molecule has 4 rings (SSSR count). The van der Waals surface area contributed by atoms with E-state index in [0.29, 0.717) is 5.56 Å². The average Bonchev–Trinajstić information content (AvgIpc) is 2.75. The van der Waals surface area contributed by atoms with E-state index in [1.165, 1.54) is 5.56 Å². The van der Waals surface area contributed by atoms with Gasteiger partial charge >= 0.3 is 0 Å². The minimum absolute atomic E-state index is 0.0710. The summed E-state index contributed by atoms with van der Waals surface area (Å²) in [5.41, 5.74) is 3.85. The maximum atomic E-state index is 13.0. The van der Waals surface area contributed by atoms with Crippen molar-refractivity contribution in [3.8, 4) is 16.9 Å². The van der Waals surface area contributed by atoms with Crippen LogP contribution in [0.25, 0.3) is 11.1 Å². The van der Waals surface area contributed by atoms with Crippen molar-refractivity contribution in [3.63, 3.8) is 0 Å². The summed E-state index contributed by atoms with van der Waals surface area (Å²) < 4.78 is 0. The third-order valence-electron chi connectivity index (χ3n) is 5.10. The molecular weight excluding hydrogens is 350 g/mol. The summed E-state index contributed by atoms with van der Waals surface area (Å²) in [6, 6.07) is 18.8. The number of phenols is 1. The number of phenolic OH excluding ortho intramolecular Hbond substituents is 1. The van der Waals surface area contributed by atoms with Gasteiger partial charge in [0.1, 0.15) is 5.75 Å². The molecule has 2 aromatic carbocycles. The van der Waals surface area contributed by atoms with Crippen molar-refractivity contribution in [2.45, 2.75) is 6.54 Å². The largest absolute Gasteiger partial charge is 0.508 e. The SMILES string of the molecule is O=C(c1cccc(-c2ccc(O)cc2)c1)N1CCN(Cc2cccnc2)CC1. The van der Waals surface area contributed by atoms with Crippen molar-refractivity contribution in [2.24, 2.45) is 0 Å². The third kappa shape index (κ3) is 4.21. The number of aromatic nitrogens is 1. The molecule has 28 heavy (non-hydrogen) atoms. The highest BCUT2D eigenvalue weighted by molar-refractivity contribution is 5.95. The Bertz CT molecular complexity index is 934. The molecule has 0 spiro atoms. The second-order valence-corrected chi connectivity index (χ2v) is 7.06. The van der Waals surface area contributed by atoms with E-state index in [4.69, 9.17) is 0 Å². The quantitative estimate of drug-likeness (QED) is 0.761. The summed E-state index contributed by atoms with van der Waals surface area (Å²) >= 11 is 0. The molecule has 0 atom stereocenters. The van der Waals surface area contributed by atoms with Crippen molar-refractivity contribution in [1.29, 1.82) is 0 Å². The summed E-state index contributed by atoms with van der Waals surface area (Å²) in [5.74, 6) is 0.307. The predicted molar refractivity (Wildman–Crippen MR) is 109 cm³/mol. The molecule has 0 saturated carbocycles. The van der Waals surface area contributed by atoms with Crippen molar-refractivity contribution in [1.82, 2.24) is 14.8 Å². The fourth-order valence-corrected chi connectivity index (χ4v) is 3.53. The lowest BCUT2D eigenvalue weighted by molar-refractivity contribution is 0.0628. The normalized spacial score (nSPS) is 14.8. The first-order chi connectivity index (χ1) is 13.7. The molecule has 0 unspecified atom stereocenters. The summed E-state index contributed by atoms with van der Waals surface area (Å²) in [5, 5.41) is 9.46. The maximum Gasteiger partial charge on any atom is 0.253 e. The van der Waals surface area contributed by atoms with Crippen molar-refractivity contribution >= 4 is 5.91 Å². The molecule has 1 aliphatic rings. The lowest BCUT2D eigenvalue weighted by Crippen LogP contribution is -2.48. The van der Waals surface area contributed by atoms with Crippen LogP contribution in [0.1, 0.15) is 15.9 Å². The van der Waals surface area contributed by atoms with Crippen molar-refractivity contribution in [3.05, 3.63) is 84.2 Å². The lowest BCUT2D eigenvalue weighted by Gasteiger charge is -2.34.